The molecule has 0 saturated carbocycles. The molecule has 1 amide bonds. The molecule has 4 atom stereocenters. The van der Waals surface area contributed by atoms with Crippen molar-refractivity contribution in [3.8, 4) is 0 Å². The molecule has 0 heterocycles. The number of carbonyl (C=O) groups is 1. The van der Waals surface area contributed by atoms with E-state index in [1.54, 1.807) is 0 Å². The van der Waals surface area contributed by atoms with Crippen molar-refractivity contribution in [2.45, 2.75) is 301 Å². The fourth-order valence-electron chi connectivity index (χ4n) is 8.11. The lowest BCUT2D eigenvalue weighted by Crippen LogP contribution is -2.53. The molecule has 0 aromatic rings. The standard InChI is InChI=1S/C49H99NO5/c1-3-5-7-9-11-13-15-17-19-21-23-25-26-28-30-32-34-36-38-40-42-46(52)48(54)45(44-51)50-49(55)47(53)43-41-39-37-35-33-31-29-27-24-22-20-18-16-14-12-10-8-6-4-2/h45-48,51-54H,3-44H2,1-2H3,(H,50,55). The molecule has 6 heteroatoms. The summed E-state index contributed by atoms with van der Waals surface area (Å²) in [6, 6.07) is -0.979. The Balaban J connectivity index is 3.64. The highest BCUT2D eigenvalue weighted by molar-refractivity contribution is 5.80. The number of unbranched alkanes of at least 4 members (excludes halogenated alkanes) is 37. The van der Waals surface area contributed by atoms with Gasteiger partial charge in [0.2, 0.25) is 5.91 Å². The molecule has 0 saturated heterocycles. The van der Waals surface area contributed by atoms with Gasteiger partial charge in [-0.15, -0.1) is 0 Å². The molecule has 0 aromatic heterocycles. The van der Waals surface area contributed by atoms with E-state index in [1.165, 1.54) is 212 Å². The van der Waals surface area contributed by atoms with E-state index in [2.05, 4.69) is 19.2 Å². The normalized spacial score (nSPS) is 13.9. The Labute approximate surface area is 343 Å². The molecule has 0 aromatic carbocycles. The minimum Gasteiger partial charge on any atom is -0.394 e. The molecule has 55 heavy (non-hydrogen) atoms. The molecule has 0 aliphatic heterocycles. The minimum absolute atomic E-state index is 0.376. The third kappa shape index (κ3) is 38.6. The van der Waals surface area contributed by atoms with Gasteiger partial charge >= 0.3 is 0 Å². The van der Waals surface area contributed by atoms with Gasteiger partial charge in [0, 0.05) is 0 Å². The van der Waals surface area contributed by atoms with Crippen LogP contribution in [-0.4, -0.2) is 57.3 Å². The maximum Gasteiger partial charge on any atom is 0.249 e. The summed E-state index contributed by atoms with van der Waals surface area (Å²) in [5.41, 5.74) is 0. The summed E-state index contributed by atoms with van der Waals surface area (Å²) in [5.74, 6) is -0.577. The lowest BCUT2D eigenvalue weighted by molar-refractivity contribution is -0.132. The Hall–Kier alpha value is -0.690. The van der Waals surface area contributed by atoms with Crippen LogP contribution >= 0.6 is 0 Å². The van der Waals surface area contributed by atoms with Crippen molar-refractivity contribution in [1.82, 2.24) is 5.32 Å². The second-order valence-corrected chi connectivity index (χ2v) is 17.5. The highest BCUT2D eigenvalue weighted by Gasteiger charge is 2.28. The van der Waals surface area contributed by atoms with Gasteiger partial charge in [-0.05, 0) is 12.8 Å². The van der Waals surface area contributed by atoms with Crippen LogP contribution < -0.4 is 5.32 Å². The van der Waals surface area contributed by atoms with Crippen molar-refractivity contribution in [3.63, 3.8) is 0 Å². The number of amides is 1. The largest absolute Gasteiger partial charge is 0.394 e. The number of aliphatic hydroxyl groups excluding tert-OH is 4. The van der Waals surface area contributed by atoms with Gasteiger partial charge in [-0.25, -0.2) is 0 Å². The number of hydrogen-bond donors (Lipinski definition) is 5. The van der Waals surface area contributed by atoms with E-state index in [9.17, 15) is 25.2 Å². The van der Waals surface area contributed by atoms with Crippen LogP contribution in [0.15, 0.2) is 0 Å². The van der Waals surface area contributed by atoms with Gasteiger partial charge < -0.3 is 25.7 Å². The van der Waals surface area contributed by atoms with Crippen LogP contribution in [-0.2, 0) is 4.79 Å². The second-order valence-electron chi connectivity index (χ2n) is 17.5. The van der Waals surface area contributed by atoms with Crippen molar-refractivity contribution < 1.29 is 25.2 Å². The molecule has 0 spiro atoms. The molecule has 0 bridgehead atoms. The van der Waals surface area contributed by atoms with Crippen LogP contribution in [0.4, 0.5) is 0 Å². The van der Waals surface area contributed by atoms with Gasteiger partial charge in [0.15, 0.2) is 0 Å². The lowest BCUT2D eigenvalue weighted by Gasteiger charge is -2.27. The van der Waals surface area contributed by atoms with Crippen molar-refractivity contribution in [2.75, 3.05) is 6.61 Å². The Morgan fingerprint density at radius 2 is 0.618 bits per heavy atom. The topological polar surface area (TPSA) is 110 Å². The number of rotatable bonds is 46. The molecule has 330 valence electrons. The summed E-state index contributed by atoms with van der Waals surface area (Å²) in [6.45, 7) is 4.08. The van der Waals surface area contributed by atoms with Crippen LogP contribution in [0.5, 0.6) is 0 Å². The van der Waals surface area contributed by atoms with Crippen molar-refractivity contribution >= 4 is 5.91 Å². The minimum atomic E-state index is -1.25. The molecule has 0 aliphatic rings. The molecule has 4 unspecified atom stereocenters. The second kappa shape index (κ2) is 44.4. The molecule has 0 rings (SSSR count). The predicted octanol–water partition coefficient (Wildman–Crippen LogP) is 13.6. The summed E-state index contributed by atoms with van der Waals surface area (Å²) < 4.78 is 0. The van der Waals surface area contributed by atoms with Crippen LogP contribution in [0, 0.1) is 0 Å². The average molecular weight is 782 g/mol. The lowest BCUT2D eigenvalue weighted by atomic mass is 9.99. The quantitative estimate of drug-likeness (QED) is 0.0395. The summed E-state index contributed by atoms with van der Waals surface area (Å²) in [4.78, 5) is 12.5. The first-order valence-electron chi connectivity index (χ1n) is 24.9. The van der Waals surface area contributed by atoms with Crippen LogP contribution in [0.1, 0.15) is 277 Å². The highest BCUT2D eigenvalue weighted by Crippen LogP contribution is 2.18. The van der Waals surface area contributed by atoms with E-state index in [0.29, 0.717) is 12.8 Å². The number of hydrogen-bond acceptors (Lipinski definition) is 5. The number of nitrogens with one attached hydrogen (secondary N) is 1. The van der Waals surface area contributed by atoms with Gasteiger partial charge in [0.25, 0.3) is 0 Å². The molecule has 5 N–H and O–H groups in total. The highest BCUT2D eigenvalue weighted by atomic mass is 16.3. The first-order chi connectivity index (χ1) is 27.0. The third-order valence-electron chi connectivity index (χ3n) is 12.1. The zero-order valence-corrected chi connectivity index (χ0v) is 37.2. The van der Waals surface area contributed by atoms with E-state index >= 15 is 0 Å². The first-order valence-corrected chi connectivity index (χ1v) is 24.9. The average Bonchev–Trinajstić information content (AvgIpc) is 3.19. The molecule has 0 aliphatic carbocycles. The Kier molecular flexibility index (Phi) is 43.9. The van der Waals surface area contributed by atoms with Crippen LogP contribution in [0.3, 0.4) is 0 Å². The van der Waals surface area contributed by atoms with E-state index in [1.807, 2.05) is 0 Å². The van der Waals surface area contributed by atoms with Crippen molar-refractivity contribution in [1.29, 1.82) is 0 Å². The van der Waals surface area contributed by atoms with Crippen molar-refractivity contribution in [2.24, 2.45) is 0 Å². The van der Waals surface area contributed by atoms with E-state index in [-0.39, 0.29) is 0 Å². The molecular weight excluding hydrogens is 683 g/mol. The summed E-state index contributed by atoms with van der Waals surface area (Å²) in [6.07, 6.45) is 48.6. The maximum absolute atomic E-state index is 12.5. The van der Waals surface area contributed by atoms with Gasteiger partial charge in [0.05, 0.1) is 18.8 Å². The zero-order valence-electron chi connectivity index (χ0n) is 37.2. The maximum atomic E-state index is 12.5. The fourth-order valence-corrected chi connectivity index (χ4v) is 8.11. The fraction of sp³-hybridized carbons (Fsp3) is 0.980. The van der Waals surface area contributed by atoms with Crippen LogP contribution in [0.2, 0.25) is 0 Å². The summed E-state index contributed by atoms with van der Waals surface area (Å²) in [5, 5.41) is 43.9. The Morgan fingerprint density at radius 3 is 0.873 bits per heavy atom. The zero-order chi connectivity index (χ0) is 40.3. The Bertz CT molecular complexity index is 751. The number of aliphatic hydroxyl groups is 4. The molecule has 0 fully saturated rings. The first kappa shape index (κ1) is 54.3. The monoisotopic (exact) mass is 782 g/mol. The van der Waals surface area contributed by atoms with Gasteiger partial charge in [-0.2, -0.15) is 0 Å². The summed E-state index contributed by atoms with van der Waals surface area (Å²) >= 11 is 0. The van der Waals surface area contributed by atoms with Gasteiger partial charge in [-0.1, -0.05) is 264 Å². The predicted molar refractivity (Wildman–Crippen MR) is 238 cm³/mol. The number of carbonyl (C=O) groups excluding carboxylic acids is 1. The van der Waals surface area contributed by atoms with Crippen LogP contribution in [0.25, 0.3) is 0 Å². The van der Waals surface area contributed by atoms with Crippen molar-refractivity contribution in [3.05, 3.63) is 0 Å². The van der Waals surface area contributed by atoms with Gasteiger partial charge in [0.1, 0.15) is 12.2 Å². The summed E-state index contributed by atoms with van der Waals surface area (Å²) in [7, 11) is 0. The van der Waals surface area contributed by atoms with Gasteiger partial charge in [-0.3, -0.25) is 4.79 Å². The van der Waals surface area contributed by atoms with E-state index < -0.39 is 36.9 Å². The van der Waals surface area contributed by atoms with E-state index in [0.717, 1.165) is 38.5 Å². The smallest absolute Gasteiger partial charge is 0.249 e. The Morgan fingerprint density at radius 1 is 0.382 bits per heavy atom. The SMILES string of the molecule is CCCCCCCCCCCCCCCCCCCCCCC(O)C(O)C(CO)NC(=O)C(O)CCCCCCCCCCCCCCCCCCCCC. The third-order valence-corrected chi connectivity index (χ3v) is 12.1. The molecule has 6 nitrogen and oxygen atoms in total. The molecule has 0 radical (unpaired) electrons. The molecular formula is C49H99NO5. The van der Waals surface area contributed by atoms with E-state index in [4.69, 9.17) is 0 Å².